The Morgan fingerprint density at radius 1 is 1.18 bits per heavy atom. The Balaban J connectivity index is 3.21. The predicted molar refractivity (Wildman–Crippen MR) is 46.6 cm³/mol. The maximum Gasteiger partial charge on any atom is 0.123 e. The minimum atomic E-state index is 0.562. The molecular formula is C8H12N2O. The van der Waals surface area contributed by atoms with Gasteiger partial charge in [-0.1, -0.05) is 0 Å². The largest absolute Gasteiger partial charge is 0.496 e. The zero-order valence-electron chi connectivity index (χ0n) is 6.72. The molecule has 0 amide bonds. The van der Waals surface area contributed by atoms with Crippen LogP contribution in [0.3, 0.4) is 0 Å². The maximum absolute atomic E-state index is 5.56. The zero-order valence-corrected chi connectivity index (χ0v) is 6.72. The highest BCUT2D eigenvalue weighted by molar-refractivity contribution is 5.67. The van der Waals surface area contributed by atoms with Gasteiger partial charge in [-0.3, -0.25) is 0 Å². The van der Waals surface area contributed by atoms with Crippen molar-refractivity contribution in [2.45, 2.75) is 6.92 Å². The minimum Gasteiger partial charge on any atom is -0.496 e. The molecule has 0 radical (unpaired) electrons. The van der Waals surface area contributed by atoms with E-state index < -0.39 is 0 Å². The van der Waals surface area contributed by atoms with E-state index in [0.29, 0.717) is 11.4 Å². The molecule has 0 saturated carbocycles. The summed E-state index contributed by atoms with van der Waals surface area (Å²) in [5, 5.41) is 0. The molecule has 60 valence electrons. The highest BCUT2D eigenvalue weighted by atomic mass is 16.5. The molecule has 0 atom stereocenters. The summed E-state index contributed by atoms with van der Waals surface area (Å²) < 4.78 is 5.05. The van der Waals surface area contributed by atoms with Crippen LogP contribution in [0.5, 0.6) is 5.75 Å². The van der Waals surface area contributed by atoms with Gasteiger partial charge in [0.1, 0.15) is 5.75 Å². The van der Waals surface area contributed by atoms with Crippen molar-refractivity contribution in [2.75, 3.05) is 18.6 Å². The first kappa shape index (κ1) is 7.72. The Morgan fingerprint density at radius 2 is 1.73 bits per heavy atom. The molecule has 0 unspecified atom stereocenters. The molecule has 0 bridgehead atoms. The molecule has 4 N–H and O–H groups in total. The fraction of sp³-hybridized carbons (Fsp3) is 0.250. The molecule has 0 aliphatic heterocycles. The van der Waals surface area contributed by atoms with Crippen molar-refractivity contribution in [1.29, 1.82) is 0 Å². The smallest absolute Gasteiger partial charge is 0.123 e. The second-order valence-corrected chi connectivity index (χ2v) is 2.45. The van der Waals surface area contributed by atoms with Gasteiger partial charge < -0.3 is 16.2 Å². The fourth-order valence-electron chi connectivity index (χ4n) is 0.946. The number of nitrogens with two attached hydrogens (primary N) is 2. The van der Waals surface area contributed by atoms with Crippen molar-refractivity contribution in [3.63, 3.8) is 0 Å². The zero-order chi connectivity index (χ0) is 8.43. The van der Waals surface area contributed by atoms with E-state index in [2.05, 4.69) is 0 Å². The minimum absolute atomic E-state index is 0.562. The van der Waals surface area contributed by atoms with Crippen LogP contribution in [0, 0.1) is 6.92 Å². The molecule has 3 nitrogen and oxygen atoms in total. The van der Waals surface area contributed by atoms with Crippen molar-refractivity contribution >= 4 is 11.4 Å². The standard InChI is InChI=1S/C8H12N2O/c1-5-3-6(9)7(10)4-8(5)11-2/h3-4H,9-10H2,1-2H3. The van der Waals surface area contributed by atoms with Crippen LogP contribution in [0.25, 0.3) is 0 Å². The molecule has 1 rings (SSSR count). The third-order valence-corrected chi connectivity index (χ3v) is 1.60. The van der Waals surface area contributed by atoms with Crippen LogP contribution in [-0.2, 0) is 0 Å². The van der Waals surface area contributed by atoms with Gasteiger partial charge in [0.05, 0.1) is 18.5 Å². The molecule has 11 heavy (non-hydrogen) atoms. The average Bonchev–Trinajstić information content (AvgIpc) is 1.97. The number of hydrogen-bond acceptors (Lipinski definition) is 3. The molecule has 0 saturated heterocycles. The van der Waals surface area contributed by atoms with E-state index in [-0.39, 0.29) is 0 Å². The van der Waals surface area contributed by atoms with Crippen LogP contribution in [0.15, 0.2) is 12.1 Å². The van der Waals surface area contributed by atoms with Crippen molar-refractivity contribution in [1.82, 2.24) is 0 Å². The van der Waals surface area contributed by atoms with Crippen LogP contribution < -0.4 is 16.2 Å². The Hall–Kier alpha value is -1.38. The van der Waals surface area contributed by atoms with Gasteiger partial charge in [-0.2, -0.15) is 0 Å². The lowest BCUT2D eigenvalue weighted by atomic mass is 10.2. The van der Waals surface area contributed by atoms with Crippen molar-refractivity contribution in [3.8, 4) is 5.75 Å². The van der Waals surface area contributed by atoms with Crippen LogP contribution in [0.4, 0.5) is 11.4 Å². The number of methoxy groups -OCH3 is 1. The van der Waals surface area contributed by atoms with Gasteiger partial charge in [0.15, 0.2) is 0 Å². The van der Waals surface area contributed by atoms with E-state index in [1.165, 1.54) is 0 Å². The van der Waals surface area contributed by atoms with E-state index in [1.54, 1.807) is 19.2 Å². The third-order valence-electron chi connectivity index (χ3n) is 1.60. The summed E-state index contributed by atoms with van der Waals surface area (Å²) in [4.78, 5) is 0. The molecule has 1 aromatic rings. The maximum atomic E-state index is 5.56. The van der Waals surface area contributed by atoms with E-state index in [9.17, 15) is 0 Å². The summed E-state index contributed by atoms with van der Waals surface area (Å²) in [5.41, 5.74) is 13.3. The molecular weight excluding hydrogens is 140 g/mol. The number of nitrogen functional groups attached to an aromatic ring is 2. The first-order valence-electron chi connectivity index (χ1n) is 3.34. The number of rotatable bonds is 1. The van der Waals surface area contributed by atoms with Gasteiger partial charge in [0, 0.05) is 6.07 Å². The lowest BCUT2D eigenvalue weighted by molar-refractivity contribution is 0.412. The van der Waals surface area contributed by atoms with E-state index in [1.807, 2.05) is 6.92 Å². The Kier molecular flexibility index (Phi) is 1.89. The van der Waals surface area contributed by atoms with Gasteiger partial charge in [-0.25, -0.2) is 0 Å². The van der Waals surface area contributed by atoms with Crippen LogP contribution in [0.1, 0.15) is 5.56 Å². The molecule has 3 heteroatoms. The molecule has 0 spiro atoms. The number of anilines is 2. The first-order chi connectivity index (χ1) is 5.15. The molecule has 0 heterocycles. The van der Waals surface area contributed by atoms with Gasteiger partial charge >= 0.3 is 0 Å². The lowest BCUT2D eigenvalue weighted by Crippen LogP contribution is -1.97. The quantitative estimate of drug-likeness (QED) is 0.594. The van der Waals surface area contributed by atoms with Crippen LogP contribution in [0.2, 0.25) is 0 Å². The van der Waals surface area contributed by atoms with E-state index in [4.69, 9.17) is 16.2 Å². The van der Waals surface area contributed by atoms with Gasteiger partial charge in [-0.15, -0.1) is 0 Å². The first-order valence-corrected chi connectivity index (χ1v) is 3.34. The number of aryl methyl sites for hydroxylation is 1. The number of ether oxygens (including phenoxy) is 1. The highest BCUT2D eigenvalue weighted by Crippen LogP contribution is 2.25. The summed E-state index contributed by atoms with van der Waals surface area (Å²) in [6.07, 6.45) is 0. The van der Waals surface area contributed by atoms with Crippen LogP contribution >= 0.6 is 0 Å². The normalized spacial score (nSPS) is 9.64. The van der Waals surface area contributed by atoms with Gasteiger partial charge in [0.2, 0.25) is 0 Å². The Morgan fingerprint density at radius 3 is 2.27 bits per heavy atom. The Bertz CT molecular complexity index is 271. The fourth-order valence-corrected chi connectivity index (χ4v) is 0.946. The molecule has 0 aliphatic carbocycles. The number of hydrogen-bond donors (Lipinski definition) is 2. The predicted octanol–water partition coefficient (Wildman–Crippen LogP) is 1.17. The molecule has 0 fully saturated rings. The van der Waals surface area contributed by atoms with E-state index in [0.717, 1.165) is 11.3 Å². The monoisotopic (exact) mass is 152 g/mol. The lowest BCUT2D eigenvalue weighted by Gasteiger charge is -2.07. The van der Waals surface area contributed by atoms with Crippen LogP contribution in [-0.4, -0.2) is 7.11 Å². The van der Waals surface area contributed by atoms with Crippen molar-refractivity contribution < 1.29 is 4.74 Å². The highest BCUT2D eigenvalue weighted by Gasteiger charge is 2.01. The summed E-state index contributed by atoms with van der Waals surface area (Å²) in [5.74, 6) is 0.775. The second kappa shape index (κ2) is 2.70. The van der Waals surface area contributed by atoms with E-state index >= 15 is 0 Å². The topological polar surface area (TPSA) is 61.3 Å². The van der Waals surface area contributed by atoms with Crippen molar-refractivity contribution in [3.05, 3.63) is 17.7 Å². The second-order valence-electron chi connectivity index (χ2n) is 2.45. The van der Waals surface area contributed by atoms with Gasteiger partial charge in [0.25, 0.3) is 0 Å². The summed E-state index contributed by atoms with van der Waals surface area (Å²) in [6.45, 7) is 1.93. The van der Waals surface area contributed by atoms with Crippen molar-refractivity contribution in [2.24, 2.45) is 0 Å². The SMILES string of the molecule is COc1cc(N)c(N)cc1C. The molecule has 1 aromatic carbocycles. The molecule has 0 aromatic heterocycles. The summed E-state index contributed by atoms with van der Waals surface area (Å²) in [7, 11) is 1.61. The number of benzene rings is 1. The van der Waals surface area contributed by atoms with Gasteiger partial charge in [-0.05, 0) is 18.6 Å². The average molecular weight is 152 g/mol. The summed E-state index contributed by atoms with van der Waals surface area (Å²) >= 11 is 0. The Labute approximate surface area is 66.0 Å². The summed E-state index contributed by atoms with van der Waals surface area (Å²) in [6, 6.07) is 3.53. The molecule has 0 aliphatic rings. The third kappa shape index (κ3) is 1.37.